The summed E-state index contributed by atoms with van der Waals surface area (Å²) in [6.45, 7) is 6.32. The molecule has 22 heavy (non-hydrogen) atoms. The van der Waals surface area contributed by atoms with Gasteiger partial charge in [0.2, 0.25) is 0 Å². The van der Waals surface area contributed by atoms with Crippen molar-refractivity contribution in [2.45, 2.75) is 32.9 Å². The number of hydrogen-bond acceptors (Lipinski definition) is 2. The van der Waals surface area contributed by atoms with Crippen LogP contribution in [0.2, 0.25) is 0 Å². The molecule has 2 heteroatoms. The summed E-state index contributed by atoms with van der Waals surface area (Å²) in [5.74, 6) is 0. The molecule has 0 saturated carbocycles. The van der Waals surface area contributed by atoms with Crippen LogP contribution in [0, 0.1) is 0 Å². The lowest BCUT2D eigenvalue weighted by atomic mass is 10.1. The Bertz CT molecular complexity index is 575. The van der Waals surface area contributed by atoms with Crippen molar-refractivity contribution in [3.8, 4) is 0 Å². The van der Waals surface area contributed by atoms with Crippen molar-refractivity contribution in [1.82, 2.24) is 4.90 Å². The number of rotatable bonds is 7. The largest absolute Gasteiger partial charge is 0.302 e. The Morgan fingerprint density at radius 2 is 1.59 bits per heavy atom. The molecular formula is C20H26N2. The Kier molecular flexibility index (Phi) is 6.35. The summed E-state index contributed by atoms with van der Waals surface area (Å²) in [6.07, 6.45) is 1.01. The average molecular weight is 294 g/mol. The number of nitrogens with zero attached hydrogens (tertiary/aromatic N) is 2. The third kappa shape index (κ3) is 5.45. The topological polar surface area (TPSA) is 15.6 Å². The van der Waals surface area contributed by atoms with Gasteiger partial charge in [0.25, 0.3) is 0 Å². The van der Waals surface area contributed by atoms with E-state index in [4.69, 9.17) is 4.99 Å². The van der Waals surface area contributed by atoms with E-state index < -0.39 is 0 Å². The third-order valence-corrected chi connectivity index (χ3v) is 3.85. The lowest BCUT2D eigenvalue weighted by Crippen LogP contribution is -2.20. The first-order valence-electron chi connectivity index (χ1n) is 7.96. The molecule has 0 aliphatic heterocycles. The minimum Gasteiger partial charge on any atom is -0.302 e. The molecule has 1 unspecified atom stereocenters. The summed E-state index contributed by atoms with van der Waals surface area (Å²) >= 11 is 0. The Morgan fingerprint density at radius 3 is 2.23 bits per heavy atom. The van der Waals surface area contributed by atoms with Gasteiger partial charge >= 0.3 is 0 Å². The Balaban J connectivity index is 1.81. The van der Waals surface area contributed by atoms with E-state index in [1.54, 1.807) is 0 Å². The molecule has 0 N–H and O–H groups in total. The van der Waals surface area contributed by atoms with E-state index in [0.717, 1.165) is 19.5 Å². The van der Waals surface area contributed by atoms with Crippen LogP contribution in [0.3, 0.4) is 0 Å². The maximum Gasteiger partial charge on any atom is 0.0720 e. The van der Waals surface area contributed by atoms with E-state index in [0.29, 0.717) is 0 Å². The zero-order chi connectivity index (χ0) is 15.8. The maximum absolute atomic E-state index is 4.82. The summed E-state index contributed by atoms with van der Waals surface area (Å²) in [7, 11) is 2.17. The fourth-order valence-electron chi connectivity index (χ4n) is 2.53. The SMILES string of the molecule is CC(CCN(C)Cc1ccccc1)=NC(C)c1ccccc1. The molecule has 0 saturated heterocycles. The van der Waals surface area contributed by atoms with E-state index in [1.807, 2.05) is 6.07 Å². The van der Waals surface area contributed by atoms with Crippen molar-refractivity contribution in [3.63, 3.8) is 0 Å². The van der Waals surface area contributed by atoms with Gasteiger partial charge in [0.05, 0.1) is 6.04 Å². The van der Waals surface area contributed by atoms with Crippen LogP contribution in [0.25, 0.3) is 0 Å². The molecule has 2 aromatic rings. The molecule has 0 bridgehead atoms. The van der Waals surface area contributed by atoms with Crippen LogP contribution >= 0.6 is 0 Å². The smallest absolute Gasteiger partial charge is 0.0720 e. The predicted octanol–water partition coefficient (Wildman–Crippen LogP) is 4.73. The van der Waals surface area contributed by atoms with E-state index in [2.05, 4.69) is 80.4 Å². The lowest BCUT2D eigenvalue weighted by Gasteiger charge is -2.17. The molecule has 1 atom stereocenters. The maximum atomic E-state index is 4.82. The standard InChI is InChI=1S/C20H26N2/c1-17(21-18(2)20-12-8-5-9-13-20)14-15-22(3)16-19-10-6-4-7-11-19/h4-13,18H,14-16H2,1-3H3. The van der Waals surface area contributed by atoms with Gasteiger partial charge in [-0.25, -0.2) is 0 Å². The van der Waals surface area contributed by atoms with Crippen molar-refractivity contribution in [3.05, 3.63) is 71.8 Å². The normalized spacial score (nSPS) is 13.4. The highest BCUT2D eigenvalue weighted by Gasteiger charge is 2.05. The molecule has 0 aliphatic rings. The van der Waals surface area contributed by atoms with E-state index in [9.17, 15) is 0 Å². The summed E-state index contributed by atoms with van der Waals surface area (Å²) in [4.78, 5) is 7.16. The lowest BCUT2D eigenvalue weighted by molar-refractivity contribution is 0.336. The molecular weight excluding hydrogens is 268 g/mol. The Hall–Kier alpha value is -1.93. The average Bonchev–Trinajstić information content (AvgIpc) is 2.55. The highest BCUT2D eigenvalue weighted by atomic mass is 15.1. The van der Waals surface area contributed by atoms with Gasteiger partial charge in [-0.2, -0.15) is 0 Å². The summed E-state index contributed by atoms with van der Waals surface area (Å²) in [6, 6.07) is 21.3. The van der Waals surface area contributed by atoms with Crippen molar-refractivity contribution in [2.75, 3.05) is 13.6 Å². The predicted molar refractivity (Wildman–Crippen MR) is 95.4 cm³/mol. The molecule has 2 rings (SSSR count). The van der Waals surface area contributed by atoms with Crippen LogP contribution in [0.1, 0.15) is 37.4 Å². The first kappa shape index (κ1) is 16.4. The number of aliphatic imine (C=N–C) groups is 1. The Morgan fingerprint density at radius 1 is 1.00 bits per heavy atom. The highest BCUT2D eigenvalue weighted by Crippen LogP contribution is 2.16. The van der Waals surface area contributed by atoms with Crippen LogP contribution in [0.15, 0.2) is 65.7 Å². The quantitative estimate of drug-likeness (QED) is 0.674. The minimum absolute atomic E-state index is 0.237. The van der Waals surface area contributed by atoms with E-state index in [1.165, 1.54) is 16.8 Å². The number of benzene rings is 2. The fraction of sp³-hybridized carbons (Fsp3) is 0.350. The minimum atomic E-state index is 0.237. The number of hydrogen-bond donors (Lipinski definition) is 0. The molecule has 0 heterocycles. The fourth-order valence-corrected chi connectivity index (χ4v) is 2.53. The molecule has 0 radical (unpaired) electrons. The zero-order valence-corrected chi connectivity index (χ0v) is 13.9. The van der Waals surface area contributed by atoms with Crippen LogP contribution < -0.4 is 0 Å². The molecule has 2 aromatic carbocycles. The van der Waals surface area contributed by atoms with Crippen molar-refractivity contribution in [1.29, 1.82) is 0 Å². The van der Waals surface area contributed by atoms with Gasteiger partial charge in [-0.05, 0) is 38.4 Å². The van der Waals surface area contributed by atoms with Crippen LogP contribution in [0.4, 0.5) is 0 Å². The van der Waals surface area contributed by atoms with Crippen LogP contribution in [0.5, 0.6) is 0 Å². The van der Waals surface area contributed by atoms with Gasteiger partial charge in [0.1, 0.15) is 0 Å². The second kappa shape index (κ2) is 8.50. The second-order valence-electron chi connectivity index (χ2n) is 5.92. The van der Waals surface area contributed by atoms with Gasteiger partial charge < -0.3 is 4.90 Å². The van der Waals surface area contributed by atoms with Gasteiger partial charge in [-0.1, -0.05) is 60.7 Å². The van der Waals surface area contributed by atoms with Gasteiger partial charge in [0.15, 0.2) is 0 Å². The van der Waals surface area contributed by atoms with Gasteiger partial charge in [-0.15, -0.1) is 0 Å². The Labute approximate surface area is 134 Å². The molecule has 0 spiro atoms. The first-order chi connectivity index (χ1) is 10.6. The molecule has 0 aromatic heterocycles. The zero-order valence-electron chi connectivity index (χ0n) is 13.9. The molecule has 0 fully saturated rings. The molecule has 2 nitrogen and oxygen atoms in total. The summed E-state index contributed by atoms with van der Waals surface area (Å²) in [5.41, 5.74) is 3.85. The molecule has 116 valence electrons. The monoisotopic (exact) mass is 294 g/mol. The van der Waals surface area contributed by atoms with Crippen molar-refractivity contribution >= 4 is 5.71 Å². The van der Waals surface area contributed by atoms with Crippen LogP contribution in [-0.2, 0) is 6.54 Å². The van der Waals surface area contributed by atoms with Gasteiger partial charge in [-0.3, -0.25) is 4.99 Å². The summed E-state index contributed by atoms with van der Waals surface area (Å²) in [5, 5.41) is 0. The molecule has 0 aliphatic carbocycles. The van der Waals surface area contributed by atoms with Crippen molar-refractivity contribution < 1.29 is 0 Å². The highest BCUT2D eigenvalue weighted by molar-refractivity contribution is 5.82. The summed E-state index contributed by atoms with van der Waals surface area (Å²) < 4.78 is 0. The second-order valence-corrected chi connectivity index (χ2v) is 5.92. The third-order valence-electron chi connectivity index (χ3n) is 3.85. The van der Waals surface area contributed by atoms with Crippen molar-refractivity contribution in [2.24, 2.45) is 4.99 Å². The van der Waals surface area contributed by atoms with E-state index >= 15 is 0 Å². The molecule has 0 amide bonds. The van der Waals surface area contributed by atoms with E-state index in [-0.39, 0.29) is 6.04 Å². The first-order valence-corrected chi connectivity index (χ1v) is 7.96. The van der Waals surface area contributed by atoms with Crippen LogP contribution in [-0.4, -0.2) is 24.2 Å². The van der Waals surface area contributed by atoms with Gasteiger partial charge in [0, 0.05) is 18.8 Å².